The average Bonchev–Trinajstić information content (AvgIpc) is 2.87. The Morgan fingerprint density at radius 3 is 2.45 bits per heavy atom. The number of aliphatic imine (C=N–C) groups is 1. The third-order valence-electron chi connectivity index (χ3n) is 8.03. The molecule has 2 aromatic rings. The van der Waals surface area contributed by atoms with Crippen molar-refractivity contribution in [2.24, 2.45) is 22.7 Å². The molecule has 1 amide bonds. The van der Waals surface area contributed by atoms with Gasteiger partial charge < -0.3 is 10.0 Å². The van der Waals surface area contributed by atoms with Crippen LogP contribution in [0.2, 0.25) is 0 Å². The zero-order chi connectivity index (χ0) is 26.8. The summed E-state index contributed by atoms with van der Waals surface area (Å²) < 4.78 is 54.3. The molecular formula is C26H28N4O6S2. The van der Waals surface area contributed by atoms with E-state index in [4.69, 9.17) is 0 Å². The molecule has 3 aliphatic carbocycles. The Kier molecular flexibility index (Phi) is 5.80. The van der Waals surface area contributed by atoms with E-state index in [0.717, 1.165) is 37.5 Å². The van der Waals surface area contributed by atoms with Crippen LogP contribution in [0.15, 0.2) is 69.8 Å². The van der Waals surface area contributed by atoms with Gasteiger partial charge in [0.1, 0.15) is 16.2 Å². The van der Waals surface area contributed by atoms with Gasteiger partial charge in [0, 0.05) is 24.2 Å². The lowest BCUT2D eigenvalue weighted by Crippen LogP contribution is -2.60. The number of nitrogens with zero attached hydrogens (tertiary/aromatic N) is 2. The van der Waals surface area contributed by atoms with E-state index < -0.39 is 26.0 Å². The quantitative estimate of drug-likeness (QED) is 0.516. The first-order valence-corrected chi connectivity index (χ1v) is 15.9. The molecule has 0 radical (unpaired) electrons. The van der Waals surface area contributed by atoms with Gasteiger partial charge in [-0.2, -0.15) is 0 Å². The van der Waals surface area contributed by atoms with Crippen molar-refractivity contribution in [1.82, 2.24) is 9.62 Å². The summed E-state index contributed by atoms with van der Waals surface area (Å²) in [6.45, 7) is 0.345. The molecule has 3 saturated carbocycles. The van der Waals surface area contributed by atoms with E-state index in [1.807, 2.05) is 30.3 Å². The van der Waals surface area contributed by atoms with E-state index in [2.05, 4.69) is 14.4 Å². The SMILES string of the molecule is CS(=O)(=O)Nc1ccc2c(c1)S(=O)(=O)NC(C1=C(O)[C@@H]3C4CCC(CC4)[C@@H]3N(Cc3ccccc3)C1=O)=N2. The molecule has 12 heteroatoms. The van der Waals surface area contributed by atoms with E-state index in [1.54, 1.807) is 4.90 Å². The number of carbonyl (C=O) groups excluding carboxylic acids is 1. The van der Waals surface area contributed by atoms with Crippen molar-refractivity contribution in [2.45, 2.75) is 43.2 Å². The number of amidine groups is 1. The van der Waals surface area contributed by atoms with E-state index >= 15 is 0 Å². The highest BCUT2D eigenvalue weighted by molar-refractivity contribution is 7.92. The van der Waals surface area contributed by atoms with Crippen LogP contribution in [0.5, 0.6) is 0 Å². The van der Waals surface area contributed by atoms with Crippen molar-refractivity contribution in [2.75, 3.05) is 11.0 Å². The zero-order valence-electron chi connectivity index (χ0n) is 20.7. The molecular weight excluding hydrogens is 528 g/mol. The van der Waals surface area contributed by atoms with E-state index in [9.17, 15) is 26.7 Å². The number of carbonyl (C=O) groups is 1. The van der Waals surface area contributed by atoms with Gasteiger partial charge in [0.25, 0.3) is 15.9 Å². The minimum atomic E-state index is -4.21. The van der Waals surface area contributed by atoms with Crippen LogP contribution < -0.4 is 9.44 Å². The minimum absolute atomic E-state index is 0.0489. The topological polar surface area (TPSA) is 145 Å². The number of amides is 1. The molecule has 5 aliphatic rings. The number of aliphatic hydroxyl groups excluding tert-OH is 1. The van der Waals surface area contributed by atoms with Crippen LogP contribution in [0.25, 0.3) is 0 Å². The van der Waals surface area contributed by atoms with E-state index in [0.29, 0.717) is 6.54 Å². The molecule has 2 aromatic carbocycles. The number of fused-ring (bicyclic) bond motifs is 3. The molecule has 0 unspecified atom stereocenters. The van der Waals surface area contributed by atoms with Crippen LogP contribution in [-0.2, 0) is 31.4 Å². The lowest BCUT2D eigenvalue weighted by atomic mass is 9.59. The van der Waals surface area contributed by atoms with Gasteiger partial charge in [0.15, 0.2) is 5.84 Å². The summed E-state index contributed by atoms with van der Waals surface area (Å²) in [5.74, 6) is -0.591. The molecule has 200 valence electrons. The number of anilines is 1. The summed E-state index contributed by atoms with van der Waals surface area (Å²) in [5, 5.41) is 11.5. The lowest BCUT2D eigenvalue weighted by molar-refractivity contribution is -0.140. The molecule has 2 aliphatic heterocycles. The molecule has 0 aromatic heterocycles. The lowest BCUT2D eigenvalue weighted by Gasteiger charge is -2.54. The fourth-order valence-electron chi connectivity index (χ4n) is 6.52. The number of benzene rings is 2. The number of aliphatic hydroxyl groups is 1. The van der Waals surface area contributed by atoms with Gasteiger partial charge in [-0.15, -0.1) is 0 Å². The Labute approximate surface area is 221 Å². The first-order valence-electron chi connectivity index (χ1n) is 12.5. The minimum Gasteiger partial charge on any atom is -0.511 e. The van der Waals surface area contributed by atoms with Crippen molar-refractivity contribution in [1.29, 1.82) is 0 Å². The normalized spacial score (nSPS) is 27.8. The summed E-state index contributed by atoms with van der Waals surface area (Å²) in [6, 6.07) is 13.4. The van der Waals surface area contributed by atoms with Crippen LogP contribution in [0.3, 0.4) is 0 Å². The summed E-state index contributed by atoms with van der Waals surface area (Å²) in [4.78, 5) is 20.0. The molecule has 2 atom stereocenters. The van der Waals surface area contributed by atoms with Gasteiger partial charge >= 0.3 is 0 Å². The molecule has 10 nitrogen and oxygen atoms in total. The Morgan fingerprint density at radius 2 is 1.76 bits per heavy atom. The van der Waals surface area contributed by atoms with Gasteiger partial charge in [-0.25, -0.2) is 21.8 Å². The van der Waals surface area contributed by atoms with Crippen LogP contribution in [0, 0.1) is 17.8 Å². The maximum absolute atomic E-state index is 14.0. The Morgan fingerprint density at radius 1 is 1.08 bits per heavy atom. The number of hydrogen-bond donors (Lipinski definition) is 3. The van der Waals surface area contributed by atoms with Gasteiger partial charge in [-0.3, -0.25) is 14.2 Å². The maximum Gasteiger partial charge on any atom is 0.265 e. The van der Waals surface area contributed by atoms with Gasteiger partial charge in [0.2, 0.25) is 10.0 Å². The van der Waals surface area contributed by atoms with Crippen molar-refractivity contribution in [3.05, 3.63) is 65.4 Å². The van der Waals surface area contributed by atoms with Crippen LogP contribution in [0.4, 0.5) is 11.4 Å². The fraction of sp³-hybridized carbons (Fsp3) is 0.385. The monoisotopic (exact) mass is 556 g/mol. The molecule has 0 spiro atoms. The predicted octanol–water partition coefficient (Wildman–Crippen LogP) is 3.04. The largest absolute Gasteiger partial charge is 0.511 e. The zero-order valence-corrected chi connectivity index (χ0v) is 22.3. The highest BCUT2D eigenvalue weighted by Crippen LogP contribution is 2.52. The Bertz CT molecular complexity index is 1590. The molecule has 3 fully saturated rings. The second-order valence-corrected chi connectivity index (χ2v) is 13.9. The highest BCUT2D eigenvalue weighted by atomic mass is 32.2. The third kappa shape index (κ3) is 4.25. The van der Waals surface area contributed by atoms with Crippen molar-refractivity contribution in [3.63, 3.8) is 0 Å². The van der Waals surface area contributed by atoms with Gasteiger partial charge in [-0.1, -0.05) is 30.3 Å². The van der Waals surface area contributed by atoms with Crippen LogP contribution in [0.1, 0.15) is 31.2 Å². The second-order valence-electron chi connectivity index (χ2n) is 10.5. The molecule has 0 saturated heterocycles. The fourth-order valence-corrected chi connectivity index (χ4v) is 8.26. The van der Waals surface area contributed by atoms with E-state index in [1.165, 1.54) is 18.2 Å². The Hall–Kier alpha value is -3.38. The molecule has 7 rings (SSSR count). The molecule has 3 N–H and O–H groups in total. The number of rotatable bonds is 5. The maximum atomic E-state index is 14.0. The standard InChI is InChI=1S/C26H28N4O6S2/c1-37(33,34)28-18-11-12-19-20(13-18)38(35,36)29-25(27-19)22-24(31)21-16-7-9-17(10-8-16)23(21)30(26(22)32)14-15-5-3-2-4-6-15/h2-6,11-13,16-17,21,23,28,31H,7-10,14H2,1H3,(H,27,29)/t16?,17?,21-,23+/m1/s1. The smallest absolute Gasteiger partial charge is 0.265 e. The molecule has 38 heavy (non-hydrogen) atoms. The highest BCUT2D eigenvalue weighted by Gasteiger charge is 2.54. The van der Waals surface area contributed by atoms with Gasteiger partial charge in [-0.05, 0) is 61.3 Å². The van der Waals surface area contributed by atoms with Crippen LogP contribution >= 0.6 is 0 Å². The number of nitrogens with one attached hydrogen (secondary N) is 2. The van der Waals surface area contributed by atoms with E-state index in [-0.39, 0.29) is 57.2 Å². The summed E-state index contributed by atoms with van der Waals surface area (Å²) in [5.41, 5.74) is 0.945. The first-order chi connectivity index (χ1) is 18.0. The molecule has 2 heterocycles. The van der Waals surface area contributed by atoms with Crippen LogP contribution in [-0.4, -0.2) is 50.9 Å². The Balaban J connectivity index is 1.45. The number of hydrogen-bond acceptors (Lipinski definition) is 7. The average molecular weight is 557 g/mol. The summed E-state index contributed by atoms with van der Waals surface area (Å²) in [6.07, 6.45) is 4.86. The van der Waals surface area contributed by atoms with Crippen molar-refractivity contribution < 1.29 is 26.7 Å². The van der Waals surface area contributed by atoms with Crippen molar-refractivity contribution in [3.8, 4) is 0 Å². The second kappa shape index (κ2) is 8.84. The molecule has 2 bridgehead atoms. The summed E-state index contributed by atoms with van der Waals surface area (Å²) in [7, 11) is -7.84. The van der Waals surface area contributed by atoms with Crippen molar-refractivity contribution >= 4 is 43.2 Å². The van der Waals surface area contributed by atoms with Gasteiger partial charge in [0.05, 0.1) is 11.9 Å². The first kappa shape index (κ1) is 24.9. The third-order valence-corrected chi connectivity index (χ3v) is 10.0. The predicted molar refractivity (Wildman–Crippen MR) is 142 cm³/mol. The summed E-state index contributed by atoms with van der Waals surface area (Å²) >= 11 is 0. The number of sulfonamides is 2.